The predicted molar refractivity (Wildman–Crippen MR) is 223 cm³/mol. The van der Waals surface area contributed by atoms with Gasteiger partial charge in [0, 0.05) is 13.0 Å². The molecule has 334 valence electrons. The monoisotopic (exact) mass is 864 g/mol. The average molecular weight is 865 g/mol. The lowest BCUT2D eigenvalue weighted by Gasteiger charge is -2.27. The summed E-state index contributed by atoms with van der Waals surface area (Å²) >= 11 is 1.34. The molecule has 0 bridgehead atoms. The molecule has 0 aromatic heterocycles. The van der Waals surface area contributed by atoms with Gasteiger partial charge in [0.05, 0.1) is 18.9 Å². The van der Waals surface area contributed by atoms with Crippen LogP contribution in [-0.2, 0) is 49.6 Å². The number of benzene rings is 1. The first-order chi connectivity index (χ1) is 28.1. The molecule has 8 amide bonds. The molecule has 0 radical (unpaired) electrons. The van der Waals surface area contributed by atoms with Crippen molar-refractivity contribution in [3.8, 4) is 0 Å². The third-order valence-electron chi connectivity index (χ3n) is 8.61. The van der Waals surface area contributed by atoms with E-state index in [9.17, 15) is 48.3 Å². The summed E-state index contributed by atoms with van der Waals surface area (Å²) in [6, 6.07) is -0.830. The average Bonchev–Trinajstić information content (AvgIpc) is 3.15. The Morgan fingerprint density at radius 3 is 1.72 bits per heavy atom. The maximum atomic E-state index is 13.7. The standard InChI is InChI=1S/C37H60N12O10S/c1-19(2)15-25(34(56)46-24(36(58)59)11-8-13-43-37(41)42)48-35(57)27(18-29(40)51)49-32(54)23(12-14-60-4)45-30(52)20(3)44-33(55)26(16-21-9-6-5-7-10-21)47-31(53)22(38)17-28(39)50/h5-7,9-10,19-20,22-27H,8,11-18,38H2,1-4H3,(H2,39,50)(H2,40,51)(H,44,55)(H,45,52)(H,46,56)(H,47,53)(H,48,57)(H,49,54)(H,58,59)(H4,41,42,43)/t20-,22-,23-,24-,25-,26-,27-/m0/s1. The van der Waals surface area contributed by atoms with Gasteiger partial charge in [-0.3, -0.25) is 43.3 Å². The van der Waals surface area contributed by atoms with Crippen LogP contribution < -0.4 is 60.6 Å². The quantitative estimate of drug-likeness (QED) is 0.0218. The highest BCUT2D eigenvalue weighted by Crippen LogP contribution is 2.10. The van der Waals surface area contributed by atoms with Crippen LogP contribution in [0.25, 0.3) is 0 Å². The number of carboxylic acid groups (broad SMARTS) is 1. The number of carbonyl (C=O) groups excluding carboxylic acids is 8. The lowest BCUT2D eigenvalue weighted by Crippen LogP contribution is -2.60. The van der Waals surface area contributed by atoms with Gasteiger partial charge in [0.25, 0.3) is 0 Å². The third kappa shape index (κ3) is 20.6. The summed E-state index contributed by atoms with van der Waals surface area (Å²) in [5.41, 5.74) is 27.6. The first kappa shape index (κ1) is 52.0. The van der Waals surface area contributed by atoms with E-state index in [0.717, 1.165) is 0 Å². The number of carboxylic acids is 1. The van der Waals surface area contributed by atoms with Crippen LogP contribution in [0.1, 0.15) is 64.9 Å². The van der Waals surface area contributed by atoms with Crippen molar-refractivity contribution in [2.75, 3.05) is 18.6 Å². The number of guanidine groups is 1. The molecule has 0 aliphatic rings. The number of hydrogen-bond acceptors (Lipinski definition) is 12. The highest BCUT2D eigenvalue weighted by Gasteiger charge is 2.34. The van der Waals surface area contributed by atoms with E-state index in [4.69, 9.17) is 28.7 Å². The number of thioether (sulfide) groups is 1. The maximum absolute atomic E-state index is 13.7. The van der Waals surface area contributed by atoms with E-state index in [-0.39, 0.29) is 50.5 Å². The van der Waals surface area contributed by atoms with Crippen molar-refractivity contribution < 1.29 is 48.3 Å². The van der Waals surface area contributed by atoms with Crippen molar-refractivity contribution in [1.82, 2.24) is 31.9 Å². The minimum absolute atomic E-state index is 0.0152. The predicted octanol–water partition coefficient (Wildman–Crippen LogP) is -3.83. The number of nitrogens with zero attached hydrogens (tertiary/aromatic N) is 1. The van der Waals surface area contributed by atoms with Gasteiger partial charge in [0.2, 0.25) is 47.3 Å². The van der Waals surface area contributed by atoms with Crippen molar-refractivity contribution in [2.24, 2.45) is 39.6 Å². The molecule has 0 aliphatic carbocycles. The smallest absolute Gasteiger partial charge is 0.326 e. The van der Waals surface area contributed by atoms with Crippen molar-refractivity contribution in [2.45, 2.75) is 108 Å². The topological polar surface area (TPSA) is 388 Å². The number of rotatable bonds is 28. The Labute approximate surface area is 352 Å². The lowest BCUT2D eigenvalue weighted by molar-refractivity contribution is -0.142. The number of aliphatic imine (C=N–C) groups is 1. The van der Waals surface area contributed by atoms with Crippen LogP contribution in [0.3, 0.4) is 0 Å². The molecule has 0 aliphatic heterocycles. The van der Waals surface area contributed by atoms with Crippen LogP contribution in [0.15, 0.2) is 35.3 Å². The zero-order valence-corrected chi connectivity index (χ0v) is 35.0. The molecule has 1 aromatic carbocycles. The Bertz CT molecular complexity index is 1680. The normalized spacial score (nSPS) is 14.4. The Morgan fingerprint density at radius 1 is 0.650 bits per heavy atom. The first-order valence-electron chi connectivity index (χ1n) is 19.1. The zero-order chi connectivity index (χ0) is 45.5. The summed E-state index contributed by atoms with van der Waals surface area (Å²) in [5, 5.41) is 24.5. The largest absolute Gasteiger partial charge is 0.480 e. The summed E-state index contributed by atoms with van der Waals surface area (Å²) < 4.78 is 0. The number of nitrogens with one attached hydrogen (secondary N) is 6. The number of aliphatic carboxylic acids is 1. The second-order valence-electron chi connectivity index (χ2n) is 14.4. The molecule has 7 atom stereocenters. The van der Waals surface area contributed by atoms with E-state index >= 15 is 0 Å². The summed E-state index contributed by atoms with van der Waals surface area (Å²) in [6.07, 6.45) is 0.805. The Kier molecular flexibility index (Phi) is 23.3. The van der Waals surface area contributed by atoms with Crippen molar-refractivity contribution in [3.63, 3.8) is 0 Å². The Hall–Kier alpha value is -5.97. The van der Waals surface area contributed by atoms with Crippen molar-refractivity contribution in [1.29, 1.82) is 0 Å². The van der Waals surface area contributed by atoms with Gasteiger partial charge in [-0.25, -0.2) is 4.79 Å². The van der Waals surface area contributed by atoms with Gasteiger partial charge in [0.15, 0.2) is 5.96 Å². The minimum Gasteiger partial charge on any atom is -0.480 e. The molecule has 60 heavy (non-hydrogen) atoms. The summed E-state index contributed by atoms with van der Waals surface area (Å²) in [7, 11) is 0. The molecule has 0 unspecified atom stereocenters. The van der Waals surface area contributed by atoms with Gasteiger partial charge in [-0.15, -0.1) is 0 Å². The van der Waals surface area contributed by atoms with E-state index in [1.54, 1.807) is 50.4 Å². The molecule has 1 aromatic rings. The Morgan fingerprint density at radius 2 is 1.17 bits per heavy atom. The minimum atomic E-state index is -1.62. The molecular formula is C37H60N12O10S. The second-order valence-corrected chi connectivity index (χ2v) is 15.4. The van der Waals surface area contributed by atoms with Crippen LogP contribution in [0.4, 0.5) is 0 Å². The van der Waals surface area contributed by atoms with Crippen LogP contribution in [0, 0.1) is 5.92 Å². The molecule has 17 N–H and O–H groups in total. The highest BCUT2D eigenvalue weighted by molar-refractivity contribution is 7.98. The number of primary amides is 2. The van der Waals surface area contributed by atoms with Gasteiger partial charge in [0.1, 0.15) is 36.3 Å². The fourth-order valence-electron chi connectivity index (χ4n) is 5.52. The zero-order valence-electron chi connectivity index (χ0n) is 34.2. The molecule has 23 heteroatoms. The van der Waals surface area contributed by atoms with Crippen LogP contribution >= 0.6 is 11.8 Å². The summed E-state index contributed by atoms with van der Waals surface area (Å²) in [6.45, 7) is 4.95. The third-order valence-corrected chi connectivity index (χ3v) is 9.25. The van der Waals surface area contributed by atoms with E-state index in [1.165, 1.54) is 18.7 Å². The number of carbonyl (C=O) groups is 9. The van der Waals surface area contributed by atoms with Gasteiger partial charge in [-0.2, -0.15) is 11.8 Å². The van der Waals surface area contributed by atoms with Gasteiger partial charge in [-0.1, -0.05) is 44.2 Å². The van der Waals surface area contributed by atoms with Gasteiger partial charge < -0.3 is 65.7 Å². The van der Waals surface area contributed by atoms with Gasteiger partial charge >= 0.3 is 5.97 Å². The molecule has 0 fully saturated rings. The van der Waals surface area contributed by atoms with E-state index in [0.29, 0.717) is 11.3 Å². The van der Waals surface area contributed by atoms with Gasteiger partial charge in [-0.05, 0) is 56.1 Å². The summed E-state index contributed by atoms with van der Waals surface area (Å²) in [4.78, 5) is 119. The van der Waals surface area contributed by atoms with E-state index in [1.807, 2.05) is 0 Å². The molecule has 0 spiro atoms. The number of amides is 8. The molecule has 0 saturated carbocycles. The Balaban J connectivity index is 3.20. The molecule has 0 heterocycles. The SMILES string of the molecule is CSCC[C@H](NC(=O)[C@H](C)NC(=O)[C@H](Cc1ccccc1)NC(=O)[C@@H](N)CC(N)=O)C(=O)N[C@@H](CC(N)=O)C(=O)N[C@@H](CC(C)C)C(=O)N[C@@H](CCCN=C(N)N)C(=O)O. The van der Waals surface area contributed by atoms with E-state index in [2.05, 4.69) is 36.9 Å². The maximum Gasteiger partial charge on any atom is 0.326 e. The molecule has 22 nitrogen and oxygen atoms in total. The molecular weight excluding hydrogens is 805 g/mol. The molecule has 0 saturated heterocycles. The fraction of sp³-hybridized carbons (Fsp3) is 0.568. The number of hydrogen-bond donors (Lipinski definition) is 12. The molecule has 1 rings (SSSR count). The summed E-state index contributed by atoms with van der Waals surface area (Å²) in [5.74, 6) is -8.34. The van der Waals surface area contributed by atoms with Crippen molar-refractivity contribution in [3.05, 3.63) is 35.9 Å². The van der Waals surface area contributed by atoms with Crippen LogP contribution in [0.5, 0.6) is 0 Å². The first-order valence-corrected chi connectivity index (χ1v) is 20.5. The highest BCUT2D eigenvalue weighted by atomic mass is 32.2. The number of nitrogens with two attached hydrogens (primary N) is 5. The van der Waals surface area contributed by atoms with E-state index < -0.39 is 108 Å². The van der Waals surface area contributed by atoms with Crippen LogP contribution in [-0.4, -0.2) is 125 Å². The fourth-order valence-corrected chi connectivity index (χ4v) is 5.99. The lowest BCUT2D eigenvalue weighted by atomic mass is 10.0. The second kappa shape index (κ2) is 26.9. The van der Waals surface area contributed by atoms with Crippen molar-refractivity contribution >= 4 is 70.9 Å². The van der Waals surface area contributed by atoms with Crippen LogP contribution in [0.2, 0.25) is 0 Å².